The third kappa shape index (κ3) is 3.49. The number of hydrogen-bond donors (Lipinski definition) is 0. The summed E-state index contributed by atoms with van der Waals surface area (Å²) in [6.07, 6.45) is 13.6. The van der Waals surface area contributed by atoms with E-state index >= 15 is 0 Å². The second kappa shape index (κ2) is 6.58. The molecule has 1 aliphatic carbocycles. The predicted molar refractivity (Wildman–Crippen MR) is 60.2 cm³/mol. The van der Waals surface area contributed by atoms with Crippen molar-refractivity contribution >= 4 is 6.29 Å². The first-order chi connectivity index (χ1) is 6.88. The van der Waals surface area contributed by atoms with Gasteiger partial charge in [0, 0.05) is 0 Å². The molecule has 0 bridgehead atoms. The molecule has 0 aromatic rings. The van der Waals surface area contributed by atoms with Crippen molar-refractivity contribution in [2.45, 2.75) is 51.9 Å². The molecule has 0 aliphatic heterocycles. The first kappa shape index (κ1) is 11.2. The molecule has 0 saturated heterocycles. The summed E-state index contributed by atoms with van der Waals surface area (Å²) in [4.78, 5) is 10.8. The van der Waals surface area contributed by atoms with Crippen molar-refractivity contribution in [1.82, 2.24) is 0 Å². The van der Waals surface area contributed by atoms with E-state index in [1.165, 1.54) is 31.3 Å². The van der Waals surface area contributed by atoms with Crippen molar-refractivity contribution in [3.8, 4) is 0 Å². The predicted octanol–water partition coefficient (Wildman–Crippen LogP) is 3.80. The van der Waals surface area contributed by atoms with Gasteiger partial charge in [-0.25, -0.2) is 0 Å². The fraction of sp³-hybridized carbons (Fsp3) is 0.615. The molecule has 0 atom stereocenters. The summed E-state index contributed by atoms with van der Waals surface area (Å²) >= 11 is 0. The van der Waals surface area contributed by atoms with Crippen LogP contribution in [0.4, 0.5) is 0 Å². The molecular weight excluding hydrogens is 172 g/mol. The molecule has 0 spiro atoms. The minimum absolute atomic E-state index is 0.983. The largest absolute Gasteiger partial charge is 0.298 e. The average molecular weight is 192 g/mol. The van der Waals surface area contributed by atoms with Crippen molar-refractivity contribution in [2.24, 2.45) is 0 Å². The molecule has 0 N–H and O–H groups in total. The van der Waals surface area contributed by atoms with Gasteiger partial charge < -0.3 is 0 Å². The second-order valence-electron chi connectivity index (χ2n) is 3.92. The van der Waals surface area contributed by atoms with Crippen molar-refractivity contribution in [3.63, 3.8) is 0 Å². The van der Waals surface area contributed by atoms with Crippen molar-refractivity contribution in [1.29, 1.82) is 0 Å². The van der Waals surface area contributed by atoms with Crippen LogP contribution >= 0.6 is 0 Å². The molecule has 0 heterocycles. The van der Waals surface area contributed by atoms with Gasteiger partial charge >= 0.3 is 0 Å². The van der Waals surface area contributed by atoms with E-state index in [4.69, 9.17) is 0 Å². The summed E-state index contributed by atoms with van der Waals surface area (Å²) in [7, 11) is 0. The molecule has 1 aliphatic rings. The Labute approximate surface area is 86.9 Å². The molecule has 78 valence electrons. The van der Waals surface area contributed by atoms with E-state index in [-0.39, 0.29) is 0 Å². The monoisotopic (exact) mass is 192 g/mol. The number of hydrogen-bond acceptors (Lipinski definition) is 1. The fourth-order valence-corrected chi connectivity index (χ4v) is 1.82. The number of carbonyl (C=O) groups excluding carboxylic acids is 1. The number of allylic oxidation sites excluding steroid dienone is 4. The normalized spacial score (nSPS) is 17.8. The highest BCUT2D eigenvalue weighted by atomic mass is 16.1. The second-order valence-corrected chi connectivity index (χ2v) is 3.92. The maximum Gasteiger partial charge on any atom is 0.146 e. The Balaban J connectivity index is 2.50. The van der Waals surface area contributed by atoms with E-state index in [0.717, 1.165) is 31.1 Å². The lowest BCUT2D eigenvalue weighted by molar-refractivity contribution is -0.105. The highest BCUT2D eigenvalue weighted by Crippen LogP contribution is 2.24. The van der Waals surface area contributed by atoms with Gasteiger partial charge in [-0.15, -0.1) is 0 Å². The molecular formula is C13H20O. The Morgan fingerprint density at radius 1 is 1.21 bits per heavy atom. The van der Waals surface area contributed by atoms with E-state index in [0.29, 0.717) is 0 Å². The topological polar surface area (TPSA) is 17.1 Å². The minimum Gasteiger partial charge on any atom is -0.298 e. The van der Waals surface area contributed by atoms with E-state index in [1.54, 1.807) is 0 Å². The summed E-state index contributed by atoms with van der Waals surface area (Å²) in [6.45, 7) is 2.20. The molecule has 0 aromatic carbocycles. The smallest absolute Gasteiger partial charge is 0.146 e. The van der Waals surface area contributed by atoms with Crippen LogP contribution in [0.5, 0.6) is 0 Å². The van der Waals surface area contributed by atoms with Gasteiger partial charge in [0.15, 0.2) is 0 Å². The number of unbranched alkanes of at least 4 members (excludes halogenated alkanes) is 2. The van der Waals surface area contributed by atoms with Crippen LogP contribution in [0.15, 0.2) is 23.3 Å². The zero-order valence-electron chi connectivity index (χ0n) is 9.09. The van der Waals surface area contributed by atoms with E-state index in [9.17, 15) is 4.79 Å². The lowest BCUT2D eigenvalue weighted by Crippen LogP contribution is -1.98. The summed E-state index contributed by atoms with van der Waals surface area (Å²) in [6, 6.07) is 0. The molecule has 0 aromatic heterocycles. The standard InChI is InChI=1S/C13H20O/c1-2-3-4-5-8-12-9-6-7-10-13(12)11-14/h5,8,11H,2-4,6-7,9-10H2,1H3. The van der Waals surface area contributed by atoms with Gasteiger partial charge in [-0.1, -0.05) is 31.9 Å². The van der Waals surface area contributed by atoms with Gasteiger partial charge in [-0.3, -0.25) is 4.79 Å². The molecule has 0 amide bonds. The van der Waals surface area contributed by atoms with Gasteiger partial charge in [0.1, 0.15) is 6.29 Å². The van der Waals surface area contributed by atoms with Crippen LogP contribution in [-0.2, 0) is 4.79 Å². The summed E-state index contributed by atoms with van der Waals surface area (Å²) in [5.74, 6) is 0. The summed E-state index contributed by atoms with van der Waals surface area (Å²) in [5, 5.41) is 0. The molecule has 1 nitrogen and oxygen atoms in total. The molecule has 0 fully saturated rings. The molecule has 0 radical (unpaired) electrons. The Hall–Kier alpha value is -0.850. The molecule has 1 heteroatoms. The Bertz CT molecular complexity index is 236. The molecule has 1 rings (SSSR count). The first-order valence-electron chi connectivity index (χ1n) is 5.72. The number of aldehydes is 1. The first-order valence-corrected chi connectivity index (χ1v) is 5.72. The summed E-state index contributed by atoms with van der Waals surface area (Å²) < 4.78 is 0. The molecule has 0 saturated carbocycles. The van der Waals surface area contributed by atoms with Crippen molar-refractivity contribution < 1.29 is 4.79 Å². The lowest BCUT2D eigenvalue weighted by atomic mass is 9.92. The number of rotatable bonds is 5. The Morgan fingerprint density at radius 2 is 1.93 bits per heavy atom. The minimum atomic E-state index is 0.983. The maximum atomic E-state index is 10.8. The van der Waals surface area contributed by atoms with Crippen molar-refractivity contribution in [3.05, 3.63) is 23.3 Å². The van der Waals surface area contributed by atoms with Crippen LogP contribution in [0, 0.1) is 0 Å². The maximum absolute atomic E-state index is 10.8. The highest BCUT2D eigenvalue weighted by Gasteiger charge is 2.08. The van der Waals surface area contributed by atoms with Crippen LogP contribution in [0.25, 0.3) is 0 Å². The lowest BCUT2D eigenvalue weighted by Gasteiger charge is -2.13. The van der Waals surface area contributed by atoms with Crippen LogP contribution in [-0.4, -0.2) is 6.29 Å². The zero-order valence-corrected chi connectivity index (χ0v) is 9.09. The fourth-order valence-electron chi connectivity index (χ4n) is 1.82. The highest BCUT2D eigenvalue weighted by molar-refractivity contribution is 5.75. The van der Waals surface area contributed by atoms with E-state index in [1.807, 2.05) is 0 Å². The van der Waals surface area contributed by atoms with Crippen LogP contribution in [0.2, 0.25) is 0 Å². The Morgan fingerprint density at radius 3 is 2.57 bits per heavy atom. The Kier molecular flexibility index (Phi) is 5.28. The SMILES string of the molecule is CCCCC=CC1=C(C=O)CCCC1. The quantitative estimate of drug-likeness (QED) is 0.478. The van der Waals surface area contributed by atoms with E-state index < -0.39 is 0 Å². The average Bonchev–Trinajstić information content (AvgIpc) is 2.25. The molecule has 14 heavy (non-hydrogen) atoms. The number of carbonyl (C=O) groups is 1. The van der Waals surface area contributed by atoms with Crippen molar-refractivity contribution in [2.75, 3.05) is 0 Å². The zero-order chi connectivity index (χ0) is 10.2. The van der Waals surface area contributed by atoms with Gasteiger partial charge in [0.2, 0.25) is 0 Å². The van der Waals surface area contributed by atoms with E-state index in [2.05, 4.69) is 19.1 Å². The van der Waals surface area contributed by atoms with Gasteiger partial charge in [-0.2, -0.15) is 0 Å². The van der Waals surface area contributed by atoms with Gasteiger partial charge in [0.05, 0.1) is 0 Å². The van der Waals surface area contributed by atoms with Crippen LogP contribution in [0.1, 0.15) is 51.9 Å². The summed E-state index contributed by atoms with van der Waals surface area (Å²) in [5.41, 5.74) is 2.31. The van der Waals surface area contributed by atoms with Crippen LogP contribution in [0.3, 0.4) is 0 Å². The molecule has 0 unspecified atom stereocenters. The third-order valence-electron chi connectivity index (χ3n) is 2.74. The third-order valence-corrected chi connectivity index (χ3v) is 2.74. The van der Waals surface area contributed by atoms with Gasteiger partial charge in [0.25, 0.3) is 0 Å². The van der Waals surface area contributed by atoms with Crippen LogP contribution < -0.4 is 0 Å². The van der Waals surface area contributed by atoms with Gasteiger partial charge in [-0.05, 0) is 43.3 Å².